The summed E-state index contributed by atoms with van der Waals surface area (Å²) in [7, 11) is 0. The molecule has 15 heavy (non-hydrogen) atoms. The van der Waals surface area contributed by atoms with Crippen LogP contribution in [-0.2, 0) is 6.42 Å². The Morgan fingerprint density at radius 2 is 2.00 bits per heavy atom. The van der Waals surface area contributed by atoms with Crippen LogP contribution in [0.1, 0.15) is 31.7 Å². The average molecular weight is 205 g/mol. The van der Waals surface area contributed by atoms with E-state index in [9.17, 15) is 5.11 Å². The van der Waals surface area contributed by atoms with Crippen molar-refractivity contribution < 1.29 is 5.11 Å². The molecule has 1 atom stereocenters. The smallest absolute Gasteiger partial charge is 0.115 e. The maximum absolute atomic E-state index is 9.21. The van der Waals surface area contributed by atoms with Gasteiger partial charge in [-0.25, -0.2) is 0 Å². The molecule has 0 aromatic heterocycles. The second kappa shape index (κ2) is 4.23. The standard InChI is InChI=1S/C13H19NO/c1-13(8-2-3-9-14-13)10-11-4-6-12(15)7-5-11/h4-7,14-15H,2-3,8-10H2,1H3. The van der Waals surface area contributed by atoms with Crippen LogP contribution in [0.25, 0.3) is 0 Å². The van der Waals surface area contributed by atoms with Gasteiger partial charge in [0.1, 0.15) is 5.75 Å². The zero-order valence-corrected chi connectivity index (χ0v) is 9.29. The van der Waals surface area contributed by atoms with Crippen LogP contribution >= 0.6 is 0 Å². The highest BCUT2D eigenvalue weighted by atomic mass is 16.3. The molecular weight excluding hydrogens is 186 g/mol. The van der Waals surface area contributed by atoms with Crippen molar-refractivity contribution in [3.8, 4) is 5.75 Å². The zero-order chi connectivity index (χ0) is 10.7. The Morgan fingerprint density at radius 3 is 2.60 bits per heavy atom. The van der Waals surface area contributed by atoms with Gasteiger partial charge in [-0.15, -0.1) is 0 Å². The van der Waals surface area contributed by atoms with Crippen LogP contribution in [0.15, 0.2) is 24.3 Å². The van der Waals surface area contributed by atoms with Gasteiger partial charge in [0.05, 0.1) is 0 Å². The Balaban J connectivity index is 2.03. The summed E-state index contributed by atoms with van der Waals surface area (Å²) >= 11 is 0. The van der Waals surface area contributed by atoms with Crippen LogP contribution in [0.4, 0.5) is 0 Å². The normalized spacial score (nSPS) is 26.5. The minimum Gasteiger partial charge on any atom is -0.508 e. The molecule has 0 amide bonds. The van der Waals surface area contributed by atoms with Crippen molar-refractivity contribution in [2.24, 2.45) is 0 Å². The van der Waals surface area contributed by atoms with Crippen LogP contribution in [0.3, 0.4) is 0 Å². The summed E-state index contributed by atoms with van der Waals surface area (Å²) < 4.78 is 0. The van der Waals surface area contributed by atoms with E-state index in [1.54, 1.807) is 12.1 Å². The van der Waals surface area contributed by atoms with Gasteiger partial charge in [0.15, 0.2) is 0 Å². The number of hydrogen-bond acceptors (Lipinski definition) is 2. The summed E-state index contributed by atoms with van der Waals surface area (Å²) in [5.74, 6) is 0.348. The molecule has 0 saturated carbocycles. The van der Waals surface area contributed by atoms with E-state index >= 15 is 0 Å². The van der Waals surface area contributed by atoms with Crippen molar-refractivity contribution in [1.82, 2.24) is 5.32 Å². The topological polar surface area (TPSA) is 32.3 Å². The maximum Gasteiger partial charge on any atom is 0.115 e. The Kier molecular flexibility index (Phi) is 2.96. The first-order valence-corrected chi connectivity index (χ1v) is 5.71. The third-order valence-corrected chi connectivity index (χ3v) is 3.24. The summed E-state index contributed by atoms with van der Waals surface area (Å²) in [6, 6.07) is 7.55. The largest absolute Gasteiger partial charge is 0.508 e. The predicted molar refractivity (Wildman–Crippen MR) is 62.1 cm³/mol. The molecule has 0 aliphatic carbocycles. The molecule has 1 aromatic carbocycles. The van der Waals surface area contributed by atoms with Crippen LogP contribution in [0.5, 0.6) is 5.75 Å². The molecule has 2 rings (SSSR count). The highest BCUT2D eigenvalue weighted by Gasteiger charge is 2.25. The summed E-state index contributed by atoms with van der Waals surface area (Å²) in [5.41, 5.74) is 1.54. The molecule has 1 unspecified atom stereocenters. The van der Waals surface area contributed by atoms with Crippen molar-refractivity contribution in [1.29, 1.82) is 0 Å². The number of piperidine rings is 1. The van der Waals surface area contributed by atoms with Gasteiger partial charge in [-0.2, -0.15) is 0 Å². The van der Waals surface area contributed by atoms with Crippen molar-refractivity contribution in [2.45, 2.75) is 38.1 Å². The molecule has 1 aromatic rings. The van der Waals surface area contributed by atoms with Gasteiger partial charge in [-0.05, 0) is 50.4 Å². The highest BCUT2D eigenvalue weighted by Crippen LogP contribution is 2.23. The first kappa shape index (κ1) is 10.5. The number of phenols is 1. The van der Waals surface area contributed by atoms with E-state index in [0.717, 1.165) is 13.0 Å². The Labute approximate surface area is 91.3 Å². The van der Waals surface area contributed by atoms with Gasteiger partial charge in [0.2, 0.25) is 0 Å². The molecule has 0 bridgehead atoms. The molecular formula is C13H19NO. The predicted octanol–water partition coefficient (Wildman–Crippen LogP) is 2.47. The molecule has 82 valence electrons. The lowest BCUT2D eigenvalue weighted by Crippen LogP contribution is -2.47. The number of benzene rings is 1. The van der Waals surface area contributed by atoms with Gasteiger partial charge < -0.3 is 10.4 Å². The second-order valence-corrected chi connectivity index (χ2v) is 4.79. The van der Waals surface area contributed by atoms with E-state index in [2.05, 4.69) is 12.2 Å². The maximum atomic E-state index is 9.21. The monoisotopic (exact) mass is 205 g/mol. The molecule has 1 aliphatic rings. The van der Waals surface area contributed by atoms with Crippen molar-refractivity contribution >= 4 is 0 Å². The van der Waals surface area contributed by atoms with Crippen LogP contribution < -0.4 is 5.32 Å². The first-order valence-electron chi connectivity index (χ1n) is 5.71. The van der Waals surface area contributed by atoms with Gasteiger partial charge in [-0.3, -0.25) is 0 Å². The molecule has 0 spiro atoms. The molecule has 2 N–H and O–H groups in total. The van der Waals surface area contributed by atoms with E-state index in [0.29, 0.717) is 5.75 Å². The van der Waals surface area contributed by atoms with Crippen molar-refractivity contribution in [3.63, 3.8) is 0 Å². The lowest BCUT2D eigenvalue weighted by atomic mass is 9.85. The highest BCUT2D eigenvalue weighted by molar-refractivity contribution is 5.27. The Morgan fingerprint density at radius 1 is 1.27 bits per heavy atom. The van der Waals surface area contributed by atoms with Gasteiger partial charge in [-0.1, -0.05) is 18.6 Å². The van der Waals surface area contributed by atoms with E-state index in [1.807, 2.05) is 12.1 Å². The number of aromatic hydroxyl groups is 1. The fraction of sp³-hybridized carbons (Fsp3) is 0.538. The SMILES string of the molecule is CC1(Cc2ccc(O)cc2)CCCCN1. The Bertz CT molecular complexity index is 312. The first-order chi connectivity index (χ1) is 7.18. The third-order valence-electron chi connectivity index (χ3n) is 3.24. The fourth-order valence-electron chi connectivity index (χ4n) is 2.33. The molecule has 0 radical (unpaired) electrons. The molecule has 1 heterocycles. The van der Waals surface area contributed by atoms with Crippen LogP contribution in [0, 0.1) is 0 Å². The molecule has 2 heteroatoms. The number of nitrogens with one attached hydrogen (secondary N) is 1. The van der Waals surface area contributed by atoms with Crippen LogP contribution in [-0.4, -0.2) is 17.2 Å². The number of phenolic OH excluding ortho intramolecular Hbond substituents is 1. The number of hydrogen-bond donors (Lipinski definition) is 2. The third kappa shape index (κ3) is 2.72. The summed E-state index contributed by atoms with van der Waals surface area (Å²) in [6.07, 6.45) is 4.91. The molecule has 1 aliphatic heterocycles. The van der Waals surface area contributed by atoms with E-state index in [4.69, 9.17) is 0 Å². The lowest BCUT2D eigenvalue weighted by molar-refractivity contribution is 0.276. The minimum absolute atomic E-state index is 0.245. The van der Waals surface area contributed by atoms with Gasteiger partial charge in [0.25, 0.3) is 0 Å². The van der Waals surface area contributed by atoms with E-state index < -0.39 is 0 Å². The second-order valence-electron chi connectivity index (χ2n) is 4.79. The summed E-state index contributed by atoms with van der Waals surface area (Å²) in [4.78, 5) is 0. The van der Waals surface area contributed by atoms with Crippen LogP contribution in [0.2, 0.25) is 0 Å². The van der Waals surface area contributed by atoms with Crippen molar-refractivity contribution in [3.05, 3.63) is 29.8 Å². The van der Waals surface area contributed by atoms with Gasteiger partial charge in [0, 0.05) is 5.54 Å². The summed E-state index contributed by atoms with van der Waals surface area (Å²) in [6.45, 7) is 3.42. The van der Waals surface area contributed by atoms with E-state index in [-0.39, 0.29) is 5.54 Å². The Hall–Kier alpha value is -1.02. The minimum atomic E-state index is 0.245. The number of rotatable bonds is 2. The zero-order valence-electron chi connectivity index (χ0n) is 9.29. The average Bonchev–Trinajstić information content (AvgIpc) is 2.22. The summed E-state index contributed by atoms with van der Waals surface area (Å²) in [5, 5.41) is 12.8. The van der Waals surface area contributed by atoms with E-state index in [1.165, 1.54) is 24.8 Å². The van der Waals surface area contributed by atoms with Crippen molar-refractivity contribution in [2.75, 3.05) is 6.54 Å². The molecule has 2 nitrogen and oxygen atoms in total. The molecule has 1 fully saturated rings. The van der Waals surface area contributed by atoms with Gasteiger partial charge >= 0.3 is 0 Å². The quantitative estimate of drug-likeness (QED) is 0.777. The lowest BCUT2D eigenvalue weighted by Gasteiger charge is -2.35. The fourth-order valence-corrected chi connectivity index (χ4v) is 2.33. The molecule has 1 saturated heterocycles.